The molecule has 2 aromatic rings. The van der Waals surface area contributed by atoms with Crippen LogP contribution in [-0.4, -0.2) is 0 Å². The van der Waals surface area contributed by atoms with Crippen LogP contribution in [-0.2, 0) is 9.05 Å². The highest BCUT2D eigenvalue weighted by Gasteiger charge is 2.43. The van der Waals surface area contributed by atoms with Crippen LogP contribution < -0.4 is 0 Å². The van der Waals surface area contributed by atoms with Crippen molar-refractivity contribution in [2.45, 2.75) is 12.2 Å². The zero-order valence-corrected chi connectivity index (χ0v) is 12.9. The van der Waals surface area contributed by atoms with E-state index in [0.717, 1.165) is 16.8 Å². The summed E-state index contributed by atoms with van der Waals surface area (Å²) in [5, 5.41) is 0. The summed E-state index contributed by atoms with van der Waals surface area (Å²) in [5.74, 6) is 0. The van der Waals surface area contributed by atoms with Crippen LogP contribution in [0.2, 0.25) is 0 Å². The predicted molar refractivity (Wildman–Crippen MR) is 87.9 cm³/mol. The lowest BCUT2D eigenvalue weighted by Gasteiger charge is -2.16. The van der Waals surface area contributed by atoms with Gasteiger partial charge >= 0.3 is 0 Å². The fraction of sp³-hybridized carbons (Fsp3) is 0.105. The first kappa shape index (κ1) is 14.4. The predicted octanol–water partition coefficient (Wildman–Crippen LogP) is 5.19. The molecule has 2 aliphatic rings. The molecule has 0 bridgehead atoms. The summed E-state index contributed by atoms with van der Waals surface area (Å²) in [4.78, 5) is 0. The normalized spacial score (nSPS) is 26.5. The second-order valence-corrected chi connectivity index (χ2v) is 6.73. The number of rotatable bonds is 3. The maximum Gasteiger partial charge on any atom is 0.180 e. The number of hydrogen-bond acceptors (Lipinski definition) is 2. The molecular formula is C19H16O2P. The first-order valence-corrected chi connectivity index (χ1v) is 8.55. The van der Waals surface area contributed by atoms with E-state index in [9.17, 15) is 0 Å². The maximum absolute atomic E-state index is 6.30. The Balaban J connectivity index is 1.63. The van der Waals surface area contributed by atoms with Crippen LogP contribution in [0.15, 0.2) is 60.7 Å². The molecule has 2 aromatic carbocycles. The third kappa shape index (κ3) is 2.84. The summed E-state index contributed by atoms with van der Waals surface area (Å²) in [6, 6.07) is 20.7. The summed E-state index contributed by atoms with van der Waals surface area (Å²) < 4.78 is 12.6. The average molecular weight is 307 g/mol. The van der Waals surface area contributed by atoms with Gasteiger partial charge in [0, 0.05) is 0 Å². The van der Waals surface area contributed by atoms with Crippen molar-refractivity contribution >= 4 is 8.38 Å². The molecule has 4 rings (SSSR count). The minimum absolute atomic E-state index is 0.0652. The Bertz CT molecular complexity index is 548. The summed E-state index contributed by atoms with van der Waals surface area (Å²) in [5.41, 5.74) is 3.45. The van der Waals surface area contributed by atoms with Gasteiger partial charge in [0.05, 0.1) is 5.66 Å². The van der Waals surface area contributed by atoms with Crippen molar-refractivity contribution in [3.8, 4) is 0 Å². The minimum Gasteiger partial charge on any atom is -0.322 e. The van der Waals surface area contributed by atoms with Crippen molar-refractivity contribution in [3.63, 3.8) is 0 Å². The van der Waals surface area contributed by atoms with E-state index < -0.39 is 8.38 Å². The van der Waals surface area contributed by atoms with E-state index in [1.165, 1.54) is 0 Å². The second kappa shape index (κ2) is 6.50. The summed E-state index contributed by atoms with van der Waals surface area (Å²) >= 11 is 0. The molecule has 0 aromatic heterocycles. The Labute approximate surface area is 133 Å². The molecular weight excluding hydrogens is 291 g/mol. The molecule has 1 saturated heterocycles. The third-order valence-corrected chi connectivity index (χ3v) is 5.36. The summed E-state index contributed by atoms with van der Waals surface area (Å²) in [7, 11) is -1.03. The van der Waals surface area contributed by atoms with Crippen LogP contribution >= 0.6 is 8.38 Å². The van der Waals surface area contributed by atoms with Crippen LogP contribution in [0.3, 0.4) is 0 Å². The van der Waals surface area contributed by atoms with Crippen molar-refractivity contribution in [1.29, 1.82) is 0 Å². The van der Waals surface area contributed by atoms with Gasteiger partial charge in [-0.15, -0.1) is 0 Å². The van der Waals surface area contributed by atoms with Crippen LogP contribution in [0.4, 0.5) is 0 Å². The molecule has 2 fully saturated rings. The van der Waals surface area contributed by atoms with E-state index in [4.69, 9.17) is 9.05 Å². The molecule has 5 radical (unpaired) electrons. The molecule has 2 nitrogen and oxygen atoms in total. The van der Waals surface area contributed by atoms with Gasteiger partial charge in [0.25, 0.3) is 0 Å². The lowest BCUT2D eigenvalue weighted by Crippen LogP contribution is -2.06. The van der Waals surface area contributed by atoms with Crippen molar-refractivity contribution in [3.05, 3.63) is 103 Å². The zero-order valence-electron chi connectivity index (χ0n) is 12.0. The molecule has 0 unspecified atom stereocenters. The van der Waals surface area contributed by atoms with Gasteiger partial charge in [-0.1, -0.05) is 60.7 Å². The van der Waals surface area contributed by atoms with Crippen LogP contribution in [0, 0.1) is 31.3 Å². The summed E-state index contributed by atoms with van der Waals surface area (Å²) in [6.45, 7) is 0. The smallest absolute Gasteiger partial charge is 0.180 e. The Hall–Kier alpha value is -1.21. The van der Waals surface area contributed by atoms with Crippen molar-refractivity contribution in [2.24, 2.45) is 0 Å². The van der Waals surface area contributed by atoms with E-state index >= 15 is 0 Å². The van der Waals surface area contributed by atoms with E-state index in [1.54, 1.807) is 0 Å². The highest BCUT2D eigenvalue weighted by Crippen LogP contribution is 2.67. The molecule has 3 heteroatoms. The number of hydrogen-bond donors (Lipinski definition) is 0. The van der Waals surface area contributed by atoms with E-state index in [1.807, 2.05) is 49.2 Å². The molecule has 1 saturated carbocycles. The molecule has 109 valence electrons. The highest BCUT2D eigenvalue weighted by atomic mass is 31.2. The minimum atomic E-state index is -1.03. The van der Waals surface area contributed by atoms with Gasteiger partial charge in [0.2, 0.25) is 0 Å². The SMILES string of the molecule is [CH]1[CH][CH][C](P2O[C@@H](c3ccccc3)[C@H](c3ccccc3)O2)[CH]1. The van der Waals surface area contributed by atoms with Crippen molar-refractivity contribution in [2.75, 3.05) is 0 Å². The molecule has 2 atom stereocenters. The first-order chi connectivity index (χ1) is 10.9. The van der Waals surface area contributed by atoms with Gasteiger partial charge < -0.3 is 9.05 Å². The average Bonchev–Trinajstić information content (AvgIpc) is 3.26. The van der Waals surface area contributed by atoms with Crippen LogP contribution in [0.25, 0.3) is 0 Å². The third-order valence-electron chi connectivity index (χ3n) is 3.81. The maximum atomic E-state index is 6.30. The fourth-order valence-electron chi connectivity index (χ4n) is 2.71. The lowest BCUT2D eigenvalue weighted by molar-refractivity contribution is 0.159. The Morgan fingerprint density at radius 3 is 1.55 bits per heavy atom. The fourth-order valence-corrected chi connectivity index (χ4v) is 4.29. The van der Waals surface area contributed by atoms with Gasteiger partial charge in [0.15, 0.2) is 8.38 Å². The van der Waals surface area contributed by atoms with Crippen molar-refractivity contribution < 1.29 is 9.05 Å². The van der Waals surface area contributed by atoms with E-state index in [0.29, 0.717) is 0 Å². The van der Waals surface area contributed by atoms with E-state index in [2.05, 4.69) is 37.1 Å². The molecule has 0 N–H and O–H groups in total. The number of benzene rings is 2. The Morgan fingerprint density at radius 1 is 0.636 bits per heavy atom. The molecule has 1 aliphatic carbocycles. The Morgan fingerprint density at radius 2 is 1.09 bits per heavy atom. The molecule has 0 spiro atoms. The first-order valence-electron chi connectivity index (χ1n) is 7.37. The van der Waals surface area contributed by atoms with E-state index in [-0.39, 0.29) is 12.2 Å². The summed E-state index contributed by atoms with van der Waals surface area (Å²) in [6.07, 6.45) is 8.06. The van der Waals surface area contributed by atoms with Gasteiger partial charge in [-0.05, 0) is 36.8 Å². The van der Waals surface area contributed by atoms with Crippen molar-refractivity contribution in [1.82, 2.24) is 0 Å². The molecule has 22 heavy (non-hydrogen) atoms. The standard InChI is InChI=1S/C19H16O2P/c1-3-9-15(10-4-1)18-19(16-11-5-2-6-12-16)21-22(20-18)17-13-7-8-14-17/h1-14,18-19H/t18-,19-/m0/s1. The topological polar surface area (TPSA) is 18.5 Å². The monoisotopic (exact) mass is 307 g/mol. The molecule has 1 heterocycles. The molecule has 0 amide bonds. The quantitative estimate of drug-likeness (QED) is 0.726. The lowest BCUT2D eigenvalue weighted by atomic mass is 9.99. The van der Waals surface area contributed by atoms with Gasteiger partial charge in [0.1, 0.15) is 12.2 Å². The Kier molecular flexibility index (Phi) is 4.25. The van der Waals surface area contributed by atoms with Crippen LogP contribution in [0.1, 0.15) is 23.3 Å². The van der Waals surface area contributed by atoms with Gasteiger partial charge in [-0.2, -0.15) is 0 Å². The molecule has 1 aliphatic heterocycles. The zero-order chi connectivity index (χ0) is 14.8. The second-order valence-electron chi connectivity index (χ2n) is 5.27. The largest absolute Gasteiger partial charge is 0.322 e. The highest BCUT2D eigenvalue weighted by molar-refractivity contribution is 7.51. The van der Waals surface area contributed by atoms with Gasteiger partial charge in [-0.3, -0.25) is 0 Å². The van der Waals surface area contributed by atoms with Crippen LogP contribution in [0.5, 0.6) is 0 Å². The van der Waals surface area contributed by atoms with Gasteiger partial charge in [-0.25, -0.2) is 0 Å².